The van der Waals surface area contributed by atoms with Crippen LogP contribution in [0, 0.1) is 5.82 Å². The molecule has 1 N–H and O–H groups in total. The summed E-state index contributed by atoms with van der Waals surface area (Å²) in [5, 5.41) is 2.44. The molecule has 0 unspecified atom stereocenters. The standard InChI is InChI=1S/C12H13ClFNO3/c1-2-18-11(16)5-6-15-12(17)8-3-4-9(13)10(14)7-8/h3-4,7H,2,5-6H2,1H3,(H,15,17). The first kappa shape index (κ1) is 14.4. The monoisotopic (exact) mass is 273 g/mol. The van der Waals surface area contributed by atoms with Gasteiger partial charge in [-0.1, -0.05) is 11.6 Å². The summed E-state index contributed by atoms with van der Waals surface area (Å²) in [5.74, 6) is -1.51. The number of hydrogen-bond acceptors (Lipinski definition) is 3. The maximum absolute atomic E-state index is 13.1. The Balaban J connectivity index is 2.45. The molecule has 0 aliphatic heterocycles. The Hall–Kier alpha value is -1.62. The van der Waals surface area contributed by atoms with Gasteiger partial charge in [-0.3, -0.25) is 9.59 Å². The molecule has 0 atom stereocenters. The zero-order valence-electron chi connectivity index (χ0n) is 9.83. The van der Waals surface area contributed by atoms with Crippen molar-refractivity contribution in [2.75, 3.05) is 13.2 Å². The second-order valence-corrected chi connectivity index (χ2v) is 3.85. The van der Waals surface area contributed by atoms with Crippen LogP contribution in [-0.4, -0.2) is 25.0 Å². The largest absolute Gasteiger partial charge is 0.466 e. The molecule has 18 heavy (non-hydrogen) atoms. The van der Waals surface area contributed by atoms with Crippen LogP contribution >= 0.6 is 11.6 Å². The molecule has 0 aliphatic carbocycles. The molecule has 1 aromatic carbocycles. The van der Waals surface area contributed by atoms with Gasteiger partial charge < -0.3 is 10.1 Å². The first-order chi connectivity index (χ1) is 8.54. The van der Waals surface area contributed by atoms with Crippen molar-refractivity contribution in [1.82, 2.24) is 5.32 Å². The van der Waals surface area contributed by atoms with Crippen molar-refractivity contribution >= 4 is 23.5 Å². The van der Waals surface area contributed by atoms with E-state index in [-0.39, 0.29) is 29.5 Å². The third-order valence-electron chi connectivity index (χ3n) is 2.10. The first-order valence-corrected chi connectivity index (χ1v) is 5.81. The first-order valence-electron chi connectivity index (χ1n) is 5.43. The summed E-state index contributed by atoms with van der Waals surface area (Å²) in [4.78, 5) is 22.6. The van der Waals surface area contributed by atoms with Gasteiger partial charge in [0.1, 0.15) is 5.82 Å². The molecular formula is C12H13ClFNO3. The van der Waals surface area contributed by atoms with Gasteiger partial charge in [0.05, 0.1) is 18.1 Å². The maximum Gasteiger partial charge on any atom is 0.307 e. The van der Waals surface area contributed by atoms with Crippen LogP contribution < -0.4 is 5.32 Å². The molecule has 0 radical (unpaired) electrons. The normalized spacial score (nSPS) is 9.94. The highest BCUT2D eigenvalue weighted by molar-refractivity contribution is 6.30. The fourth-order valence-corrected chi connectivity index (χ4v) is 1.37. The topological polar surface area (TPSA) is 55.4 Å². The molecule has 0 bridgehead atoms. The second-order valence-electron chi connectivity index (χ2n) is 3.44. The Morgan fingerprint density at radius 3 is 2.78 bits per heavy atom. The highest BCUT2D eigenvalue weighted by Gasteiger charge is 2.09. The van der Waals surface area contributed by atoms with E-state index in [9.17, 15) is 14.0 Å². The third-order valence-corrected chi connectivity index (χ3v) is 2.41. The van der Waals surface area contributed by atoms with Crippen molar-refractivity contribution in [2.24, 2.45) is 0 Å². The number of carbonyl (C=O) groups is 2. The molecule has 0 aliphatic rings. The summed E-state index contributed by atoms with van der Waals surface area (Å²) in [7, 11) is 0. The van der Waals surface area contributed by atoms with Gasteiger partial charge in [0.25, 0.3) is 5.91 Å². The van der Waals surface area contributed by atoms with Crippen molar-refractivity contribution in [2.45, 2.75) is 13.3 Å². The Kier molecular flexibility index (Phi) is 5.58. The van der Waals surface area contributed by atoms with Crippen LogP contribution in [0.5, 0.6) is 0 Å². The number of ether oxygens (including phenoxy) is 1. The zero-order valence-corrected chi connectivity index (χ0v) is 10.6. The predicted molar refractivity (Wildman–Crippen MR) is 65.0 cm³/mol. The molecule has 4 nitrogen and oxygen atoms in total. The molecule has 1 rings (SSSR count). The number of nitrogens with one attached hydrogen (secondary N) is 1. The second kappa shape index (κ2) is 6.96. The van der Waals surface area contributed by atoms with E-state index in [4.69, 9.17) is 16.3 Å². The zero-order chi connectivity index (χ0) is 13.5. The quantitative estimate of drug-likeness (QED) is 0.837. The van der Waals surface area contributed by atoms with E-state index in [0.717, 1.165) is 6.07 Å². The summed E-state index contributed by atoms with van der Waals surface area (Å²) >= 11 is 5.50. The van der Waals surface area contributed by atoms with Crippen molar-refractivity contribution in [3.8, 4) is 0 Å². The average Bonchev–Trinajstić information content (AvgIpc) is 2.33. The Morgan fingerprint density at radius 1 is 1.44 bits per heavy atom. The minimum Gasteiger partial charge on any atom is -0.466 e. The number of esters is 1. The van der Waals surface area contributed by atoms with Crippen molar-refractivity contribution in [3.63, 3.8) is 0 Å². The van der Waals surface area contributed by atoms with Gasteiger partial charge >= 0.3 is 5.97 Å². The van der Waals surface area contributed by atoms with E-state index in [1.165, 1.54) is 12.1 Å². The molecule has 1 aromatic rings. The lowest BCUT2D eigenvalue weighted by molar-refractivity contribution is -0.142. The van der Waals surface area contributed by atoms with Crippen LogP contribution in [0.2, 0.25) is 5.02 Å². The van der Waals surface area contributed by atoms with Crippen molar-refractivity contribution in [3.05, 3.63) is 34.6 Å². The Bertz CT molecular complexity index is 451. The summed E-state index contributed by atoms with van der Waals surface area (Å²) in [6.45, 7) is 2.14. The van der Waals surface area contributed by atoms with E-state index >= 15 is 0 Å². The average molecular weight is 274 g/mol. The smallest absolute Gasteiger partial charge is 0.307 e. The molecule has 98 valence electrons. The Labute approximate surface area is 109 Å². The maximum atomic E-state index is 13.1. The van der Waals surface area contributed by atoms with E-state index < -0.39 is 11.7 Å². The molecule has 0 heterocycles. The fourth-order valence-electron chi connectivity index (χ4n) is 1.25. The SMILES string of the molecule is CCOC(=O)CCNC(=O)c1ccc(Cl)c(F)c1. The van der Waals surface area contributed by atoms with Crippen LogP contribution in [0.1, 0.15) is 23.7 Å². The van der Waals surface area contributed by atoms with Gasteiger partial charge in [0.2, 0.25) is 0 Å². The molecule has 0 saturated heterocycles. The highest BCUT2D eigenvalue weighted by Crippen LogP contribution is 2.15. The lowest BCUT2D eigenvalue weighted by Gasteiger charge is -2.05. The van der Waals surface area contributed by atoms with Gasteiger partial charge in [-0.05, 0) is 25.1 Å². The van der Waals surface area contributed by atoms with Gasteiger partial charge in [-0.2, -0.15) is 0 Å². The lowest BCUT2D eigenvalue weighted by Crippen LogP contribution is -2.26. The number of rotatable bonds is 5. The summed E-state index contributed by atoms with van der Waals surface area (Å²) in [6, 6.07) is 3.75. The number of hydrogen-bond donors (Lipinski definition) is 1. The van der Waals surface area contributed by atoms with Gasteiger partial charge in [-0.25, -0.2) is 4.39 Å². The van der Waals surface area contributed by atoms with Gasteiger partial charge in [0, 0.05) is 12.1 Å². The van der Waals surface area contributed by atoms with Crippen LogP contribution in [0.4, 0.5) is 4.39 Å². The lowest BCUT2D eigenvalue weighted by atomic mass is 10.2. The number of amides is 1. The number of halogens is 2. The Morgan fingerprint density at radius 2 is 2.17 bits per heavy atom. The number of benzene rings is 1. The van der Waals surface area contributed by atoms with E-state index in [1.807, 2.05) is 0 Å². The van der Waals surface area contributed by atoms with E-state index in [0.29, 0.717) is 6.61 Å². The molecule has 1 amide bonds. The van der Waals surface area contributed by atoms with E-state index in [2.05, 4.69) is 5.32 Å². The summed E-state index contributed by atoms with van der Waals surface area (Å²) in [6.07, 6.45) is 0.0790. The minimum absolute atomic E-state index is 0.0435. The predicted octanol–water partition coefficient (Wildman–Crippen LogP) is 2.16. The minimum atomic E-state index is -0.658. The summed E-state index contributed by atoms with van der Waals surface area (Å²) in [5.41, 5.74) is 0.153. The molecular weight excluding hydrogens is 261 g/mol. The third kappa shape index (κ3) is 4.33. The number of carbonyl (C=O) groups excluding carboxylic acids is 2. The molecule has 0 spiro atoms. The fraction of sp³-hybridized carbons (Fsp3) is 0.333. The van der Waals surface area contributed by atoms with Crippen LogP contribution in [0.15, 0.2) is 18.2 Å². The van der Waals surface area contributed by atoms with E-state index in [1.54, 1.807) is 6.92 Å². The molecule has 6 heteroatoms. The van der Waals surface area contributed by atoms with Crippen LogP contribution in [-0.2, 0) is 9.53 Å². The summed E-state index contributed by atoms with van der Waals surface area (Å²) < 4.78 is 17.8. The van der Waals surface area contributed by atoms with Crippen LogP contribution in [0.3, 0.4) is 0 Å². The molecule has 0 aromatic heterocycles. The van der Waals surface area contributed by atoms with Crippen LogP contribution in [0.25, 0.3) is 0 Å². The van der Waals surface area contributed by atoms with Gasteiger partial charge in [0.15, 0.2) is 0 Å². The van der Waals surface area contributed by atoms with Gasteiger partial charge in [-0.15, -0.1) is 0 Å². The highest BCUT2D eigenvalue weighted by atomic mass is 35.5. The molecule has 0 fully saturated rings. The molecule has 0 saturated carbocycles. The van der Waals surface area contributed by atoms with Crippen molar-refractivity contribution in [1.29, 1.82) is 0 Å². The van der Waals surface area contributed by atoms with Crippen molar-refractivity contribution < 1.29 is 18.7 Å².